The summed E-state index contributed by atoms with van der Waals surface area (Å²) in [4.78, 5) is 16.7. The first-order chi connectivity index (χ1) is 20.4. The van der Waals surface area contributed by atoms with E-state index in [2.05, 4.69) is 4.84 Å². The molecule has 5 atom stereocenters. The number of nitrogens with zero attached hydrogens (tertiary/aromatic N) is 1. The summed E-state index contributed by atoms with van der Waals surface area (Å²) in [5.41, 5.74) is -0.274. The van der Waals surface area contributed by atoms with E-state index in [1.54, 1.807) is 24.3 Å². The lowest BCUT2D eigenvalue weighted by Crippen LogP contribution is -2.25. The highest BCUT2D eigenvalue weighted by Gasteiger charge is 2.40. The van der Waals surface area contributed by atoms with E-state index in [1.165, 1.54) is 12.1 Å². The van der Waals surface area contributed by atoms with Gasteiger partial charge in [0.2, 0.25) is 0 Å². The highest BCUT2D eigenvalue weighted by molar-refractivity contribution is 5.72. The zero-order chi connectivity index (χ0) is 31.4. The Morgan fingerprint density at radius 3 is 2.49 bits per heavy atom. The van der Waals surface area contributed by atoms with Crippen LogP contribution in [0.4, 0.5) is 13.2 Å². The van der Waals surface area contributed by atoms with Crippen LogP contribution in [0.1, 0.15) is 56.1 Å². The fourth-order valence-corrected chi connectivity index (χ4v) is 5.08. The lowest BCUT2D eigenvalue weighted by molar-refractivity contribution is -0.497. The highest BCUT2D eigenvalue weighted by atomic mass is 19.4. The fraction of sp³-hybridized carbons (Fsp3) is 0.500. The van der Waals surface area contributed by atoms with Gasteiger partial charge in [-0.1, -0.05) is 30.4 Å². The van der Waals surface area contributed by atoms with Crippen LogP contribution in [0, 0.1) is 11.8 Å². The lowest BCUT2D eigenvalue weighted by atomic mass is 9.86. The van der Waals surface area contributed by atoms with E-state index in [0.29, 0.717) is 37.0 Å². The molecule has 1 aliphatic rings. The number of ether oxygens (including phenoxy) is 2. The molecule has 0 saturated heterocycles. The van der Waals surface area contributed by atoms with Crippen molar-refractivity contribution in [3.05, 3.63) is 71.8 Å². The molecule has 1 fully saturated rings. The van der Waals surface area contributed by atoms with Crippen LogP contribution in [0.15, 0.2) is 60.7 Å². The molecule has 43 heavy (non-hydrogen) atoms. The zero-order valence-corrected chi connectivity index (χ0v) is 23.5. The number of hydrogen-bond acceptors (Lipinski definition) is 10. The summed E-state index contributed by atoms with van der Waals surface area (Å²) in [7, 11) is 0. The van der Waals surface area contributed by atoms with Gasteiger partial charge in [0, 0.05) is 6.42 Å². The summed E-state index contributed by atoms with van der Waals surface area (Å²) < 4.78 is 49.3. The molecule has 2 aromatic carbocycles. The average molecular weight is 614 g/mol. The summed E-state index contributed by atoms with van der Waals surface area (Å²) in [6, 6.07) is 10.9. The van der Waals surface area contributed by atoms with E-state index in [9.17, 15) is 33.3 Å². The average Bonchev–Trinajstić information content (AvgIpc) is 3.22. The second-order valence-electron chi connectivity index (χ2n) is 10.5. The minimum absolute atomic E-state index is 0.0000557. The number of aliphatic hydroxyl groups excluding tert-OH is 3. The third kappa shape index (κ3) is 11.9. The van der Waals surface area contributed by atoms with E-state index in [-0.39, 0.29) is 50.1 Å². The van der Waals surface area contributed by atoms with Crippen molar-refractivity contribution in [2.24, 2.45) is 11.8 Å². The maximum Gasteiger partial charge on any atom is 0.416 e. The molecular formula is C30H38F3NO9. The largest absolute Gasteiger partial charge is 0.491 e. The van der Waals surface area contributed by atoms with Crippen LogP contribution in [0.2, 0.25) is 0 Å². The first kappa shape index (κ1) is 34.5. The highest BCUT2D eigenvalue weighted by Crippen LogP contribution is 2.38. The molecule has 238 valence electrons. The Bertz CT molecular complexity index is 1180. The van der Waals surface area contributed by atoms with Crippen molar-refractivity contribution in [1.29, 1.82) is 0 Å². The number of carbonyl (C=O) groups excluding carboxylic acids is 1. The normalized spacial score (nSPS) is 21.4. The second-order valence-corrected chi connectivity index (χ2v) is 10.5. The Labute approximate surface area is 247 Å². The van der Waals surface area contributed by atoms with Crippen molar-refractivity contribution in [3.8, 4) is 11.5 Å². The molecule has 2 aromatic rings. The number of benzene rings is 2. The van der Waals surface area contributed by atoms with Gasteiger partial charge in [-0.2, -0.15) is 13.2 Å². The lowest BCUT2D eigenvalue weighted by Gasteiger charge is -2.23. The molecule has 0 spiro atoms. The topological polar surface area (TPSA) is 149 Å². The molecule has 0 radical (unpaired) electrons. The van der Waals surface area contributed by atoms with Gasteiger partial charge in [-0.25, -0.2) is 4.84 Å². The number of halogens is 3. The zero-order valence-electron chi connectivity index (χ0n) is 23.5. The third-order valence-electron chi connectivity index (χ3n) is 7.26. The minimum atomic E-state index is -4.50. The van der Waals surface area contributed by atoms with E-state index in [0.717, 1.165) is 12.1 Å². The molecule has 0 unspecified atom stereocenters. The monoisotopic (exact) mass is 613 g/mol. The molecule has 0 aromatic heterocycles. The van der Waals surface area contributed by atoms with Crippen molar-refractivity contribution in [2.45, 2.75) is 76.0 Å². The maximum absolute atomic E-state index is 12.9. The maximum atomic E-state index is 12.9. The first-order valence-corrected chi connectivity index (χ1v) is 14.0. The fourth-order valence-electron chi connectivity index (χ4n) is 5.08. The molecule has 0 heterocycles. The molecule has 1 aliphatic carbocycles. The number of aliphatic hydroxyl groups is 3. The molecule has 1 saturated carbocycles. The number of hydrogen-bond donors (Lipinski definition) is 5. The van der Waals surface area contributed by atoms with E-state index in [4.69, 9.17) is 19.9 Å². The smallest absolute Gasteiger partial charge is 0.416 e. The quantitative estimate of drug-likeness (QED) is 0.0587. The van der Waals surface area contributed by atoms with Crippen molar-refractivity contribution in [1.82, 2.24) is 5.39 Å². The second kappa shape index (κ2) is 16.7. The SMILES string of the molecule is O=C(CCC/C=C\C[C@@H]1[C@@H](CC[C@@H](O)COc2cccc(C(F)(F)F)c2)[C@H](O)C[C@@H]1O)Oc1cccc(CON(O)O)c1. The standard InChI is InChI=1S/C30H38F3NO9/c31-30(32,33)21-8-6-9-23(16-21)41-19-22(35)13-14-26-25(27(36)17-28(26)37)11-3-1-2-4-12-29(38)43-24-10-5-7-20(15-24)18-42-34(39)40/h1,3,5-10,15-16,22,25-28,35-37,39-40H,2,4,11-14,17-19H2/b3-1-/t22-,25-,26-,27+,28-/m1/s1. The van der Waals surface area contributed by atoms with Crippen molar-refractivity contribution in [3.63, 3.8) is 0 Å². The van der Waals surface area contributed by atoms with Gasteiger partial charge < -0.3 is 24.8 Å². The summed E-state index contributed by atoms with van der Waals surface area (Å²) >= 11 is 0. The van der Waals surface area contributed by atoms with Crippen LogP contribution in [0.5, 0.6) is 11.5 Å². The summed E-state index contributed by atoms with van der Waals surface area (Å²) in [6.07, 6.45) is -0.467. The summed E-state index contributed by atoms with van der Waals surface area (Å²) in [5, 5.41) is 48.1. The molecule has 10 nitrogen and oxygen atoms in total. The molecule has 0 aliphatic heterocycles. The van der Waals surface area contributed by atoms with Gasteiger partial charge >= 0.3 is 12.1 Å². The molecule has 5 N–H and O–H groups in total. The first-order valence-electron chi connectivity index (χ1n) is 14.0. The molecule has 0 amide bonds. The number of rotatable bonds is 16. The number of esters is 1. The Morgan fingerprint density at radius 2 is 1.74 bits per heavy atom. The van der Waals surface area contributed by atoms with E-state index < -0.39 is 41.4 Å². The van der Waals surface area contributed by atoms with E-state index >= 15 is 0 Å². The van der Waals surface area contributed by atoms with Crippen molar-refractivity contribution in [2.75, 3.05) is 6.61 Å². The van der Waals surface area contributed by atoms with Crippen LogP contribution in [-0.2, 0) is 22.4 Å². The van der Waals surface area contributed by atoms with Crippen LogP contribution >= 0.6 is 0 Å². The van der Waals surface area contributed by atoms with Gasteiger partial charge in [-0.15, -0.1) is 0 Å². The van der Waals surface area contributed by atoms with Gasteiger partial charge in [0.05, 0.1) is 35.9 Å². The number of unbranched alkanes of at least 4 members (excludes halogenated alkanes) is 1. The van der Waals surface area contributed by atoms with Gasteiger partial charge in [0.1, 0.15) is 18.1 Å². The van der Waals surface area contributed by atoms with Gasteiger partial charge in [0.25, 0.3) is 0 Å². The Kier molecular flexibility index (Phi) is 13.4. The molecule has 13 heteroatoms. The Balaban J connectivity index is 1.37. The van der Waals surface area contributed by atoms with E-state index in [1.807, 2.05) is 12.2 Å². The number of allylic oxidation sites excluding steroid dienone is 2. The van der Waals surface area contributed by atoms with Gasteiger partial charge in [-0.3, -0.25) is 15.2 Å². The van der Waals surface area contributed by atoms with Crippen molar-refractivity contribution >= 4 is 5.97 Å². The molecular weight excluding hydrogens is 575 g/mol. The summed E-state index contributed by atoms with van der Waals surface area (Å²) in [6.45, 7) is -0.333. The summed E-state index contributed by atoms with van der Waals surface area (Å²) in [5.74, 6) is -0.622. The Morgan fingerprint density at radius 1 is 1.02 bits per heavy atom. The van der Waals surface area contributed by atoms with Gasteiger partial charge in [-0.05, 0) is 86.3 Å². The van der Waals surface area contributed by atoms with Crippen LogP contribution in [0.25, 0.3) is 0 Å². The minimum Gasteiger partial charge on any atom is -0.491 e. The van der Waals surface area contributed by atoms with Crippen LogP contribution in [-0.4, -0.2) is 62.0 Å². The Hall–Kier alpha value is -3.04. The van der Waals surface area contributed by atoms with Crippen molar-refractivity contribution < 1.29 is 58.0 Å². The number of alkyl halides is 3. The predicted molar refractivity (Wildman–Crippen MR) is 146 cm³/mol. The van der Waals surface area contributed by atoms with Crippen LogP contribution in [0.3, 0.4) is 0 Å². The van der Waals surface area contributed by atoms with Crippen LogP contribution < -0.4 is 9.47 Å². The third-order valence-corrected chi connectivity index (χ3v) is 7.26. The molecule has 3 rings (SSSR count). The predicted octanol–water partition coefficient (Wildman–Crippen LogP) is 4.82. The molecule has 0 bridgehead atoms. The number of carbonyl (C=O) groups is 1. The van der Waals surface area contributed by atoms with Gasteiger partial charge in [0.15, 0.2) is 0 Å².